The number of rotatable bonds is 1. The molecule has 2 N–H and O–H groups in total. The van der Waals surface area contributed by atoms with Crippen molar-refractivity contribution in [3.63, 3.8) is 0 Å². The number of benzene rings is 1. The number of halogens is 1. The molecule has 2 heterocycles. The summed E-state index contributed by atoms with van der Waals surface area (Å²) in [4.78, 5) is 0. The van der Waals surface area contributed by atoms with Crippen molar-refractivity contribution >= 4 is 0 Å². The van der Waals surface area contributed by atoms with E-state index in [2.05, 4.69) is 10.2 Å². The van der Waals surface area contributed by atoms with E-state index in [1.807, 2.05) is 4.57 Å². The lowest BCUT2D eigenvalue weighted by molar-refractivity contribution is 0.456. The van der Waals surface area contributed by atoms with Gasteiger partial charge < -0.3 is 10.3 Å². The Morgan fingerprint density at radius 2 is 2.00 bits per heavy atom. The van der Waals surface area contributed by atoms with Crippen molar-refractivity contribution in [2.45, 2.75) is 25.4 Å². The van der Waals surface area contributed by atoms with E-state index < -0.39 is 0 Å². The van der Waals surface area contributed by atoms with Gasteiger partial charge in [0.15, 0.2) is 5.82 Å². The Labute approximate surface area is 98.3 Å². The second kappa shape index (κ2) is 3.92. The number of nitrogens with zero attached hydrogens (tertiary/aromatic N) is 3. The zero-order valence-corrected chi connectivity index (χ0v) is 9.31. The highest BCUT2D eigenvalue weighted by Gasteiger charge is 2.20. The summed E-state index contributed by atoms with van der Waals surface area (Å²) in [6.07, 6.45) is 1.80. The van der Waals surface area contributed by atoms with Gasteiger partial charge in [-0.3, -0.25) is 0 Å². The molecule has 0 saturated carbocycles. The number of nitrogens with two attached hydrogens (primary N) is 1. The summed E-state index contributed by atoms with van der Waals surface area (Å²) in [5.41, 5.74) is 6.82. The van der Waals surface area contributed by atoms with Gasteiger partial charge in [-0.15, -0.1) is 10.2 Å². The van der Waals surface area contributed by atoms with Gasteiger partial charge in [0, 0.05) is 24.6 Å². The van der Waals surface area contributed by atoms with Crippen LogP contribution in [0.4, 0.5) is 4.39 Å². The Morgan fingerprint density at radius 1 is 1.24 bits per heavy atom. The molecule has 0 aliphatic carbocycles. The largest absolute Gasteiger partial charge is 0.326 e. The maximum Gasteiger partial charge on any atom is 0.164 e. The Bertz CT molecular complexity index is 532. The lowest BCUT2D eigenvalue weighted by Crippen LogP contribution is -2.32. The third kappa shape index (κ3) is 1.82. The molecule has 0 fully saturated rings. The van der Waals surface area contributed by atoms with Crippen LogP contribution in [0.2, 0.25) is 0 Å². The molecule has 0 radical (unpaired) electrons. The molecule has 3 rings (SSSR count). The fourth-order valence-electron chi connectivity index (χ4n) is 2.16. The first-order chi connectivity index (χ1) is 8.24. The van der Waals surface area contributed by atoms with Gasteiger partial charge in [-0.05, 0) is 30.7 Å². The standard InChI is InChI=1S/C12H13FN4/c13-9-3-1-8(2-4-9)12-16-15-11-6-5-10(14)7-17(11)12/h1-4,10H,5-7,14H2/t10-/m1/s1. The molecule has 0 unspecified atom stereocenters. The summed E-state index contributed by atoms with van der Waals surface area (Å²) in [5.74, 6) is 1.49. The van der Waals surface area contributed by atoms with Crippen LogP contribution in [0, 0.1) is 5.82 Å². The number of hydrogen-bond acceptors (Lipinski definition) is 3. The van der Waals surface area contributed by atoms with Gasteiger partial charge in [-0.25, -0.2) is 4.39 Å². The molecule has 1 aliphatic rings. The van der Waals surface area contributed by atoms with Crippen LogP contribution < -0.4 is 5.73 Å². The Balaban J connectivity index is 2.04. The van der Waals surface area contributed by atoms with E-state index in [1.165, 1.54) is 12.1 Å². The van der Waals surface area contributed by atoms with E-state index in [0.29, 0.717) is 0 Å². The zero-order chi connectivity index (χ0) is 11.8. The Morgan fingerprint density at radius 3 is 2.76 bits per heavy atom. The number of hydrogen-bond donors (Lipinski definition) is 1. The van der Waals surface area contributed by atoms with Gasteiger partial charge in [0.25, 0.3) is 0 Å². The van der Waals surface area contributed by atoms with Crippen molar-refractivity contribution in [3.05, 3.63) is 35.9 Å². The molecular formula is C12H13FN4. The number of aryl methyl sites for hydroxylation is 1. The molecule has 88 valence electrons. The predicted octanol–water partition coefficient (Wildman–Crippen LogP) is 1.36. The lowest BCUT2D eigenvalue weighted by atomic mass is 10.1. The van der Waals surface area contributed by atoms with Crippen LogP contribution in [0.25, 0.3) is 11.4 Å². The highest BCUT2D eigenvalue weighted by Crippen LogP contribution is 2.22. The van der Waals surface area contributed by atoms with E-state index in [1.54, 1.807) is 12.1 Å². The average Bonchev–Trinajstić information content (AvgIpc) is 2.73. The van der Waals surface area contributed by atoms with Crippen LogP contribution >= 0.6 is 0 Å². The number of aromatic nitrogens is 3. The first-order valence-corrected chi connectivity index (χ1v) is 5.67. The first-order valence-electron chi connectivity index (χ1n) is 5.67. The van der Waals surface area contributed by atoms with E-state index in [9.17, 15) is 4.39 Å². The molecule has 17 heavy (non-hydrogen) atoms. The summed E-state index contributed by atoms with van der Waals surface area (Å²) < 4.78 is 14.9. The molecule has 5 heteroatoms. The molecule has 1 aromatic heterocycles. The molecule has 1 atom stereocenters. The van der Waals surface area contributed by atoms with Crippen LogP contribution in [0.15, 0.2) is 24.3 Å². The minimum atomic E-state index is -0.246. The molecule has 0 saturated heterocycles. The van der Waals surface area contributed by atoms with E-state index >= 15 is 0 Å². The summed E-state index contributed by atoms with van der Waals surface area (Å²) in [5, 5.41) is 8.32. The van der Waals surface area contributed by atoms with Crippen LogP contribution in [0.1, 0.15) is 12.2 Å². The minimum Gasteiger partial charge on any atom is -0.326 e. The first kappa shape index (κ1) is 10.4. The predicted molar refractivity (Wildman–Crippen MR) is 61.7 cm³/mol. The average molecular weight is 232 g/mol. The van der Waals surface area contributed by atoms with Gasteiger partial charge >= 0.3 is 0 Å². The molecule has 1 aromatic carbocycles. The number of fused-ring (bicyclic) bond motifs is 1. The van der Waals surface area contributed by atoms with Gasteiger partial charge in [-0.2, -0.15) is 0 Å². The normalized spacial score (nSPS) is 19.1. The molecule has 4 nitrogen and oxygen atoms in total. The highest BCUT2D eigenvalue weighted by atomic mass is 19.1. The van der Waals surface area contributed by atoms with Crippen molar-refractivity contribution < 1.29 is 4.39 Å². The quantitative estimate of drug-likeness (QED) is 0.807. The SMILES string of the molecule is N[C@@H]1CCc2nnc(-c3ccc(F)cc3)n2C1. The molecule has 0 bridgehead atoms. The Kier molecular flexibility index (Phi) is 2.40. The zero-order valence-electron chi connectivity index (χ0n) is 9.31. The fraction of sp³-hybridized carbons (Fsp3) is 0.333. The summed E-state index contributed by atoms with van der Waals surface area (Å²) in [7, 11) is 0. The lowest BCUT2D eigenvalue weighted by Gasteiger charge is -2.20. The van der Waals surface area contributed by atoms with Crippen molar-refractivity contribution in [3.8, 4) is 11.4 Å². The van der Waals surface area contributed by atoms with E-state index in [0.717, 1.165) is 36.6 Å². The van der Waals surface area contributed by atoms with Gasteiger partial charge in [0.2, 0.25) is 0 Å². The van der Waals surface area contributed by atoms with Crippen molar-refractivity contribution in [1.82, 2.24) is 14.8 Å². The van der Waals surface area contributed by atoms with Crippen molar-refractivity contribution in [1.29, 1.82) is 0 Å². The summed E-state index contributed by atoms with van der Waals surface area (Å²) >= 11 is 0. The summed E-state index contributed by atoms with van der Waals surface area (Å²) in [6, 6.07) is 6.44. The third-order valence-corrected chi connectivity index (χ3v) is 3.09. The van der Waals surface area contributed by atoms with Crippen molar-refractivity contribution in [2.75, 3.05) is 0 Å². The Hall–Kier alpha value is -1.75. The molecule has 0 spiro atoms. The second-order valence-corrected chi connectivity index (χ2v) is 4.36. The molecular weight excluding hydrogens is 219 g/mol. The van der Waals surface area contributed by atoms with Gasteiger partial charge in [0.1, 0.15) is 11.6 Å². The monoisotopic (exact) mass is 232 g/mol. The summed E-state index contributed by atoms with van der Waals surface area (Å²) in [6.45, 7) is 0.731. The second-order valence-electron chi connectivity index (χ2n) is 4.36. The molecule has 2 aromatic rings. The van der Waals surface area contributed by atoms with Crippen LogP contribution in [0.5, 0.6) is 0 Å². The maximum absolute atomic E-state index is 12.9. The topological polar surface area (TPSA) is 56.7 Å². The van der Waals surface area contributed by atoms with Gasteiger partial charge in [0.05, 0.1) is 0 Å². The molecule has 0 amide bonds. The van der Waals surface area contributed by atoms with Gasteiger partial charge in [-0.1, -0.05) is 0 Å². The van der Waals surface area contributed by atoms with E-state index in [-0.39, 0.29) is 11.9 Å². The maximum atomic E-state index is 12.9. The third-order valence-electron chi connectivity index (χ3n) is 3.09. The van der Waals surface area contributed by atoms with Crippen LogP contribution in [0.3, 0.4) is 0 Å². The minimum absolute atomic E-state index is 0.151. The van der Waals surface area contributed by atoms with E-state index in [4.69, 9.17) is 5.73 Å². The van der Waals surface area contributed by atoms with Crippen molar-refractivity contribution in [2.24, 2.45) is 5.73 Å². The fourth-order valence-corrected chi connectivity index (χ4v) is 2.16. The van der Waals surface area contributed by atoms with Crippen LogP contribution in [-0.4, -0.2) is 20.8 Å². The smallest absolute Gasteiger partial charge is 0.164 e. The molecule has 1 aliphatic heterocycles. The van der Waals surface area contributed by atoms with Crippen LogP contribution in [-0.2, 0) is 13.0 Å². The highest BCUT2D eigenvalue weighted by molar-refractivity contribution is 5.55.